The van der Waals surface area contributed by atoms with Crippen LogP contribution in [-0.2, 0) is 4.74 Å². The fourth-order valence-corrected chi connectivity index (χ4v) is 3.07. The lowest BCUT2D eigenvalue weighted by molar-refractivity contribution is 0.0712. The average molecular weight is 218 g/mol. The Bertz CT molecular complexity index is 713. The minimum absolute atomic E-state index is 0.112. The Labute approximate surface area is 87.9 Å². The van der Waals surface area contributed by atoms with Gasteiger partial charge in [-0.1, -0.05) is 0 Å². The van der Waals surface area contributed by atoms with Gasteiger partial charge >= 0.3 is 5.82 Å². The first-order chi connectivity index (χ1) is 7.83. The van der Waals surface area contributed by atoms with Gasteiger partial charge in [0.05, 0.1) is 12.2 Å². The Balaban J connectivity index is 2.07. The van der Waals surface area contributed by atoms with Gasteiger partial charge in [-0.2, -0.15) is 0 Å². The molecule has 0 N–H and O–H groups in total. The van der Waals surface area contributed by atoms with Gasteiger partial charge in [-0.3, -0.25) is 0 Å². The molecule has 5 heterocycles. The number of rotatable bonds is 0. The highest BCUT2D eigenvalue weighted by Crippen LogP contribution is 2.57. The summed E-state index contributed by atoms with van der Waals surface area (Å²) in [6.45, 7) is 0. The molecule has 80 valence electrons. The quantitative estimate of drug-likeness (QED) is 0.579. The average Bonchev–Trinajstić information content (AvgIpc) is 2.98. The van der Waals surface area contributed by atoms with Gasteiger partial charge in [-0.05, 0) is 12.8 Å². The van der Waals surface area contributed by atoms with Crippen molar-refractivity contribution in [1.82, 2.24) is 0 Å². The third-order valence-corrected chi connectivity index (χ3v) is 3.64. The van der Waals surface area contributed by atoms with Crippen LogP contribution in [-0.4, -0.2) is 0 Å². The van der Waals surface area contributed by atoms with Crippen LogP contribution in [0.15, 0.2) is 18.0 Å². The lowest BCUT2D eigenvalue weighted by atomic mass is 9.92. The van der Waals surface area contributed by atoms with E-state index in [0.717, 1.165) is 24.0 Å². The van der Waals surface area contributed by atoms with Crippen LogP contribution >= 0.6 is 0 Å². The van der Waals surface area contributed by atoms with Crippen LogP contribution in [0, 0.1) is 0 Å². The molecular formula is C11H6O5. The maximum Gasteiger partial charge on any atom is 0.519 e. The van der Waals surface area contributed by atoms with Crippen molar-refractivity contribution in [1.29, 1.82) is 0 Å². The molecule has 2 aliphatic heterocycles. The van der Waals surface area contributed by atoms with Gasteiger partial charge in [-0.25, -0.2) is 4.79 Å². The van der Waals surface area contributed by atoms with E-state index >= 15 is 0 Å². The molecule has 0 aliphatic carbocycles. The Hall–Kier alpha value is -1.75. The van der Waals surface area contributed by atoms with Gasteiger partial charge in [0.1, 0.15) is 0 Å². The molecule has 0 saturated carbocycles. The number of hydrogen-bond acceptors (Lipinski definition) is 5. The van der Waals surface area contributed by atoms with Crippen LogP contribution in [0.2, 0.25) is 0 Å². The molecule has 1 saturated heterocycles. The van der Waals surface area contributed by atoms with Crippen molar-refractivity contribution in [3.8, 4) is 0 Å². The van der Waals surface area contributed by atoms with Gasteiger partial charge in [-0.15, -0.1) is 0 Å². The summed E-state index contributed by atoms with van der Waals surface area (Å²) in [5.74, 6) is -0.669. The number of furan rings is 2. The molecule has 2 aliphatic rings. The van der Waals surface area contributed by atoms with Gasteiger partial charge < -0.3 is 18.0 Å². The van der Waals surface area contributed by atoms with Crippen LogP contribution < -0.4 is 5.82 Å². The van der Waals surface area contributed by atoms with Crippen molar-refractivity contribution in [2.24, 2.45) is 0 Å². The lowest BCUT2D eigenvalue weighted by Crippen LogP contribution is -1.95. The zero-order valence-electron chi connectivity index (χ0n) is 8.11. The molecule has 3 aromatic rings. The first kappa shape index (κ1) is 7.51. The minimum atomic E-state index is -0.669. The van der Waals surface area contributed by atoms with Crippen molar-refractivity contribution in [3.63, 3.8) is 0 Å². The van der Waals surface area contributed by atoms with E-state index in [1.54, 1.807) is 0 Å². The van der Waals surface area contributed by atoms with Crippen LogP contribution in [0.4, 0.5) is 0 Å². The van der Waals surface area contributed by atoms with Gasteiger partial charge in [0.2, 0.25) is 11.2 Å². The summed E-state index contributed by atoms with van der Waals surface area (Å²) in [4.78, 5) is 11.1. The van der Waals surface area contributed by atoms with Crippen LogP contribution in [0.25, 0.3) is 22.3 Å². The molecule has 3 aromatic heterocycles. The standard InChI is InChI=1S/C11H6O5/c12-11-15-9-7-5-3-1-2-4(13-3)6(5)8(14-7)10(9)16-11/h3-4H,1-2H2. The minimum Gasteiger partial charge on any atom is -0.448 e. The summed E-state index contributed by atoms with van der Waals surface area (Å²) in [7, 11) is 0. The van der Waals surface area contributed by atoms with E-state index in [2.05, 4.69) is 0 Å². The van der Waals surface area contributed by atoms with E-state index in [0.29, 0.717) is 22.3 Å². The van der Waals surface area contributed by atoms with Crippen LogP contribution in [0.3, 0.4) is 0 Å². The van der Waals surface area contributed by atoms with Gasteiger partial charge in [0.25, 0.3) is 0 Å². The monoisotopic (exact) mass is 218 g/mol. The fourth-order valence-electron chi connectivity index (χ4n) is 3.07. The van der Waals surface area contributed by atoms with E-state index in [-0.39, 0.29) is 12.2 Å². The Morgan fingerprint density at radius 1 is 0.812 bits per heavy atom. The number of benzene rings is 1. The van der Waals surface area contributed by atoms with Crippen LogP contribution in [0.5, 0.6) is 0 Å². The van der Waals surface area contributed by atoms with E-state index < -0.39 is 5.82 Å². The highest BCUT2D eigenvalue weighted by Gasteiger charge is 2.46. The summed E-state index contributed by atoms with van der Waals surface area (Å²) in [6, 6.07) is 0. The second kappa shape index (κ2) is 2.04. The molecule has 0 spiro atoms. The van der Waals surface area contributed by atoms with Gasteiger partial charge in [0, 0.05) is 11.1 Å². The van der Waals surface area contributed by atoms with E-state index in [1.165, 1.54) is 0 Å². The molecule has 2 unspecified atom stereocenters. The highest BCUT2D eigenvalue weighted by atomic mass is 16.6. The smallest absolute Gasteiger partial charge is 0.448 e. The summed E-state index contributed by atoms with van der Waals surface area (Å²) < 4.78 is 21.4. The highest BCUT2D eigenvalue weighted by molar-refractivity contribution is 6.04. The maximum absolute atomic E-state index is 11.1. The molecule has 0 aromatic carbocycles. The summed E-state index contributed by atoms with van der Waals surface area (Å²) >= 11 is 0. The summed E-state index contributed by atoms with van der Waals surface area (Å²) in [6.07, 6.45) is 2.25. The normalized spacial score (nSPS) is 27.5. The topological polar surface area (TPSA) is 65.7 Å². The van der Waals surface area contributed by atoms with Crippen molar-refractivity contribution in [2.45, 2.75) is 25.0 Å². The van der Waals surface area contributed by atoms with Crippen molar-refractivity contribution >= 4 is 22.3 Å². The van der Waals surface area contributed by atoms with E-state index in [9.17, 15) is 4.79 Å². The van der Waals surface area contributed by atoms with E-state index in [4.69, 9.17) is 18.0 Å². The predicted molar refractivity (Wildman–Crippen MR) is 51.5 cm³/mol. The van der Waals surface area contributed by atoms with Crippen LogP contribution in [0.1, 0.15) is 36.2 Å². The van der Waals surface area contributed by atoms with Crippen molar-refractivity contribution in [2.75, 3.05) is 0 Å². The SMILES string of the molecule is O=c1oc2c3oc(c4c3C3CCC4O3)c2o1. The second-order valence-electron chi connectivity index (χ2n) is 4.39. The maximum atomic E-state index is 11.1. The first-order valence-corrected chi connectivity index (χ1v) is 5.29. The van der Waals surface area contributed by atoms with Gasteiger partial charge in [0.15, 0.2) is 11.2 Å². The third-order valence-electron chi connectivity index (χ3n) is 3.64. The molecule has 2 atom stereocenters. The lowest BCUT2D eigenvalue weighted by Gasteiger charge is -2.05. The molecule has 5 nitrogen and oxygen atoms in total. The Kier molecular flexibility index (Phi) is 0.956. The van der Waals surface area contributed by atoms with Crippen molar-refractivity contribution in [3.05, 3.63) is 21.7 Å². The van der Waals surface area contributed by atoms with Crippen molar-refractivity contribution < 1.29 is 18.0 Å². The molecule has 5 heteroatoms. The molecule has 0 radical (unpaired) electrons. The number of ether oxygens (including phenoxy) is 1. The summed E-state index contributed by atoms with van der Waals surface area (Å²) in [5, 5.41) is 0. The Morgan fingerprint density at radius 2 is 1.38 bits per heavy atom. The summed E-state index contributed by atoms with van der Waals surface area (Å²) in [5.41, 5.74) is 4.30. The zero-order valence-corrected chi connectivity index (χ0v) is 8.11. The zero-order chi connectivity index (χ0) is 10.4. The largest absolute Gasteiger partial charge is 0.519 e. The molecule has 5 rings (SSSR count). The molecule has 0 amide bonds. The molecule has 1 fully saturated rings. The number of hydrogen-bond donors (Lipinski definition) is 0. The molecule has 16 heavy (non-hydrogen) atoms. The first-order valence-electron chi connectivity index (χ1n) is 5.29. The third kappa shape index (κ3) is 0.590. The Morgan fingerprint density at radius 3 is 1.94 bits per heavy atom. The van der Waals surface area contributed by atoms with E-state index in [1.807, 2.05) is 0 Å². The second-order valence-corrected chi connectivity index (χ2v) is 4.39. The number of fused-ring (bicyclic) bond motifs is 12. The molecular weight excluding hydrogens is 212 g/mol. The fraction of sp³-hybridized carbons (Fsp3) is 0.364. The molecule has 4 bridgehead atoms. The predicted octanol–water partition coefficient (Wildman–Crippen LogP) is 2.48.